The molecule has 0 bridgehead atoms. The third-order valence-corrected chi connectivity index (χ3v) is 24.2. The monoisotopic (exact) mass is 1370 g/mol. The fourth-order valence-electron chi connectivity index (χ4n) is 19.9. The zero-order chi connectivity index (χ0) is 70.3. The van der Waals surface area contributed by atoms with Crippen LogP contribution in [0.1, 0.15) is 68.1 Å². The Bertz CT molecular complexity index is 6770. The molecule has 1 aliphatic carbocycles. The SMILES string of the molecule is CC1(Cc2ccc(-c3ccc(N(c4ccccc4)c4ccc5c(c4)C4(c6ccccc6O5)c5ccccc5-n5c6ccccc6c6cccc4c65)cc3)cc2)c2ccccc2-c2ccc(N(c3ccccc3)c3ccc4c(c3)C3(c5ccccc5O4)c4ccccc4-n4c5ccccc5c5cccc3c54)cc21. The Morgan fingerprint density at radius 2 is 0.626 bits per heavy atom. The van der Waals surface area contributed by atoms with Crippen molar-refractivity contribution in [2.75, 3.05) is 9.80 Å². The molecule has 0 fully saturated rings. The van der Waals surface area contributed by atoms with Gasteiger partial charge in [-0.15, -0.1) is 0 Å². The van der Waals surface area contributed by atoms with Gasteiger partial charge in [-0.2, -0.15) is 0 Å². The minimum atomic E-state index is -0.728. The predicted octanol–water partition coefficient (Wildman–Crippen LogP) is 25.6. The van der Waals surface area contributed by atoms with Crippen molar-refractivity contribution in [2.24, 2.45) is 0 Å². The molecule has 0 amide bonds. The van der Waals surface area contributed by atoms with Crippen LogP contribution in [0.2, 0.25) is 0 Å². The van der Waals surface area contributed by atoms with Gasteiger partial charge in [0.05, 0.1) is 44.3 Å². The number of anilines is 6. The van der Waals surface area contributed by atoms with E-state index in [2.05, 4.69) is 396 Å². The third-order valence-electron chi connectivity index (χ3n) is 24.2. The zero-order valence-electron chi connectivity index (χ0n) is 58.5. The van der Waals surface area contributed by atoms with Crippen molar-refractivity contribution < 1.29 is 9.47 Å². The topological polar surface area (TPSA) is 34.8 Å². The highest BCUT2D eigenvalue weighted by atomic mass is 16.5. The molecule has 2 spiro atoms. The summed E-state index contributed by atoms with van der Waals surface area (Å²) >= 11 is 0. The molecule has 0 saturated heterocycles. The van der Waals surface area contributed by atoms with E-state index < -0.39 is 10.8 Å². The van der Waals surface area contributed by atoms with E-state index in [-0.39, 0.29) is 5.41 Å². The Morgan fingerprint density at radius 3 is 1.16 bits per heavy atom. The first-order chi connectivity index (χ1) is 52.9. The summed E-state index contributed by atoms with van der Waals surface area (Å²) in [4.78, 5) is 4.85. The van der Waals surface area contributed by atoms with Crippen LogP contribution in [0.4, 0.5) is 34.1 Å². The molecule has 6 heteroatoms. The molecule has 23 rings (SSSR count). The largest absolute Gasteiger partial charge is 0.457 e. The highest BCUT2D eigenvalue weighted by molar-refractivity contribution is 6.14. The van der Waals surface area contributed by atoms with E-state index in [4.69, 9.17) is 9.47 Å². The van der Waals surface area contributed by atoms with Gasteiger partial charge in [-0.1, -0.05) is 256 Å². The summed E-state index contributed by atoms with van der Waals surface area (Å²) < 4.78 is 19.1. The molecule has 6 nitrogen and oxygen atoms in total. The van der Waals surface area contributed by atoms with Crippen LogP contribution in [-0.4, -0.2) is 9.13 Å². The van der Waals surface area contributed by atoms with Gasteiger partial charge in [0.2, 0.25) is 0 Å². The molecule has 502 valence electrons. The molecule has 0 N–H and O–H groups in total. The number of ether oxygens (including phenoxy) is 2. The molecule has 5 aliphatic rings. The lowest BCUT2D eigenvalue weighted by atomic mass is 9.61. The van der Waals surface area contributed by atoms with Gasteiger partial charge in [-0.05, 0) is 189 Å². The second kappa shape index (κ2) is 22.4. The fourth-order valence-corrected chi connectivity index (χ4v) is 19.9. The lowest BCUT2D eigenvalue weighted by Crippen LogP contribution is -2.38. The summed E-state index contributed by atoms with van der Waals surface area (Å²) in [5.74, 6) is 3.43. The quantitative estimate of drug-likeness (QED) is 0.144. The molecule has 2 aromatic heterocycles. The lowest BCUT2D eigenvalue weighted by Gasteiger charge is -2.45. The minimum absolute atomic E-state index is 0.367. The van der Waals surface area contributed by atoms with Gasteiger partial charge in [0.1, 0.15) is 23.0 Å². The van der Waals surface area contributed by atoms with Crippen molar-refractivity contribution in [3.05, 3.63) is 431 Å². The average Bonchev–Trinajstić information content (AvgIpc) is 1.65. The zero-order valence-corrected chi connectivity index (χ0v) is 58.5. The summed E-state index contributed by atoms with van der Waals surface area (Å²) in [5.41, 5.74) is 29.9. The smallest absolute Gasteiger partial charge is 0.132 e. The molecule has 0 saturated carbocycles. The van der Waals surface area contributed by atoms with Crippen LogP contribution in [0.5, 0.6) is 23.0 Å². The minimum Gasteiger partial charge on any atom is -0.457 e. The van der Waals surface area contributed by atoms with Gasteiger partial charge < -0.3 is 28.4 Å². The van der Waals surface area contributed by atoms with E-state index in [1.165, 1.54) is 105 Å². The first-order valence-corrected chi connectivity index (χ1v) is 37.2. The molecule has 18 aromatic rings. The molecule has 6 heterocycles. The Hall–Kier alpha value is -13.7. The summed E-state index contributed by atoms with van der Waals surface area (Å²) in [7, 11) is 0. The lowest BCUT2D eigenvalue weighted by molar-refractivity contribution is 0.434. The number of aromatic nitrogens is 2. The van der Waals surface area contributed by atoms with E-state index >= 15 is 0 Å². The molecule has 16 aromatic carbocycles. The first kappa shape index (κ1) is 59.8. The molecule has 3 unspecified atom stereocenters. The van der Waals surface area contributed by atoms with Crippen molar-refractivity contribution in [2.45, 2.75) is 29.6 Å². The van der Waals surface area contributed by atoms with Crippen LogP contribution in [0.25, 0.3) is 77.2 Å². The van der Waals surface area contributed by atoms with Crippen molar-refractivity contribution in [1.82, 2.24) is 9.13 Å². The number of para-hydroxylation sites is 10. The second-order valence-corrected chi connectivity index (χ2v) is 29.6. The van der Waals surface area contributed by atoms with Crippen molar-refractivity contribution in [3.8, 4) is 56.6 Å². The van der Waals surface area contributed by atoms with Crippen molar-refractivity contribution >= 4 is 77.7 Å². The number of hydrogen-bond acceptors (Lipinski definition) is 4. The van der Waals surface area contributed by atoms with E-state index in [1.54, 1.807) is 0 Å². The van der Waals surface area contributed by atoms with Gasteiger partial charge in [0.25, 0.3) is 0 Å². The predicted molar refractivity (Wildman–Crippen MR) is 436 cm³/mol. The molecule has 4 aliphatic heterocycles. The van der Waals surface area contributed by atoms with Gasteiger partial charge in [0.15, 0.2) is 0 Å². The van der Waals surface area contributed by atoms with Crippen molar-refractivity contribution in [3.63, 3.8) is 0 Å². The molecular formula is C101H66N4O2. The van der Waals surface area contributed by atoms with E-state index in [0.717, 1.165) is 96.9 Å². The summed E-state index contributed by atoms with van der Waals surface area (Å²) in [6, 6.07) is 137. The van der Waals surface area contributed by atoms with E-state index in [1.807, 2.05) is 0 Å². The Morgan fingerprint density at radius 1 is 0.262 bits per heavy atom. The first-order valence-electron chi connectivity index (χ1n) is 37.2. The molecule has 0 radical (unpaired) electrons. The van der Waals surface area contributed by atoms with Crippen LogP contribution in [-0.2, 0) is 22.7 Å². The van der Waals surface area contributed by atoms with E-state index in [0.29, 0.717) is 0 Å². The number of rotatable bonds is 9. The summed E-state index contributed by atoms with van der Waals surface area (Å²) in [6.45, 7) is 2.46. The van der Waals surface area contributed by atoms with E-state index in [9.17, 15) is 0 Å². The van der Waals surface area contributed by atoms with Crippen LogP contribution in [0.3, 0.4) is 0 Å². The maximum atomic E-state index is 7.10. The van der Waals surface area contributed by atoms with Crippen LogP contribution in [0.15, 0.2) is 370 Å². The summed E-state index contributed by atoms with van der Waals surface area (Å²) in [6.07, 6.45) is 0.805. The second-order valence-electron chi connectivity index (χ2n) is 29.6. The van der Waals surface area contributed by atoms with Crippen molar-refractivity contribution in [1.29, 1.82) is 0 Å². The van der Waals surface area contributed by atoms with Gasteiger partial charge in [0, 0.05) is 83.3 Å². The number of fused-ring (bicyclic) bond motifs is 25. The maximum absolute atomic E-state index is 7.10. The van der Waals surface area contributed by atoms with Crippen LogP contribution >= 0.6 is 0 Å². The molecule has 3 atom stereocenters. The molecular weight excluding hydrogens is 1300 g/mol. The van der Waals surface area contributed by atoms with Gasteiger partial charge in [-0.3, -0.25) is 0 Å². The fraction of sp³-hybridized carbons (Fsp3) is 0.0495. The highest BCUT2D eigenvalue weighted by Crippen LogP contribution is 2.64. The standard InChI is InChI=1S/C101H66N4O2/c1-99(63-64-46-48-65(49-47-64)66-50-52-69(53-51-66)102(67-24-4-2-5-25-67)71-55-58-95-87(61-71)100(82-36-14-20-44-93(82)106-95)80-34-12-18-42-91(80)104-89-40-16-9-29-75(89)77-31-22-38-84(100)97(77)104)79-33-11-8-28-73(79)74-57-54-70(60-86(74)99)103(68-26-6-3-7-27-68)72-56-59-96-88(62-72)101(83-37-15-21-45-94(83)107-96)81-35-13-19-43-92(81)105-90-41-17-10-30-76(90)78-32-23-39-85(101)98(78)105/h2-62H,63H2,1H3. The maximum Gasteiger partial charge on any atom is 0.132 e. The third kappa shape index (κ3) is 8.19. The Balaban J connectivity index is 0.605. The number of nitrogens with zero attached hydrogens (tertiary/aromatic N) is 4. The Kier molecular flexibility index (Phi) is 12.5. The molecule has 107 heavy (non-hydrogen) atoms. The average molecular weight is 1370 g/mol. The summed E-state index contributed by atoms with van der Waals surface area (Å²) in [5, 5.41) is 4.97. The highest BCUT2D eigenvalue weighted by Gasteiger charge is 2.53. The number of benzene rings is 16. The van der Waals surface area contributed by atoms with Gasteiger partial charge in [-0.25, -0.2) is 0 Å². The Labute approximate surface area is 619 Å². The number of hydrogen-bond donors (Lipinski definition) is 0. The van der Waals surface area contributed by atoms with Crippen LogP contribution < -0.4 is 19.3 Å². The van der Waals surface area contributed by atoms with Gasteiger partial charge >= 0.3 is 0 Å². The van der Waals surface area contributed by atoms with Crippen LogP contribution in [0, 0.1) is 0 Å². The normalized spacial score (nSPS) is 16.9.